The molecule has 7 nitrogen and oxygen atoms in total. The van der Waals surface area contributed by atoms with Crippen molar-refractivity contribution < 1.29 is 9.72 Å². The Kier molecular flexibility index (Phi) is 3.89. The predicted octanol–water partition coefficient (Wildman–Crippen LogP) is 1.25. The van der Waals surface area contributed by atoms with E-state index in [1.807, 2.05) is 6.92 Å². The van der Waals surface area contributed by atoms with Gasteiger partial charge in [0.25, 0.3) is 5.69 Å². The summed E-state index contributed by atoms with van der Waals surface area (Å²) in [4.78, 5) is 21.8. The van der Waals surface area contributed by atoms with Crippen molar-refractivity contribution in [1.29, 1.82) is 0 Å². The number of nitrogens with one attached hydrogen (secondary N) is 2. The minimum atomic E-state index is -0.599. The summed E-state index contributed by atoms with van der Waals surface area (Å²) in [5.41, 5.74) is 5.56. The molecule has 0 radical (unpaired) electrons. The lowest BCUT2D eigenvalue weighted by atomic mass is 9.90. The summed E-state index contributed by atoms with van der Waals surface area (Å²) in [6.45, 7) is 3.73. The second-order valence-corrected chi connectivity index (χ2v) is 5.29. The molecular formula is C13H18N4O3. The SMILES string of the molecule is CC1(Nc2cc(C(N)=O)ccc2[N+](=O)[O-])CCNCC1. The van der Waals surface area contributed by atoms with Crippen LogP contribution in [0.25, 0.3) is 0 Å². The molecule has 0 aliphatic carbocycles. The number of nitro groups is 1. The zero-order chi connectivity index (χ0) is 14.8. The van der Waals surface area contributed by atoms with Crippen molar-refractivity contribution in [2.24, 2.45) is 5.73 Å². The van der Waals surface area contributed by atoms with Gasteiger partial charge in [0, 0.05) is 17.2 Å². The minimum absolute atomic E-state index is 0.0465. The number of amides is 1. The second kappa shape index (κ2) is 5.46. The number of nitro benzene ring substituents is 1. The van der Waals surface area contributed by atoms with E-state index < -0.39 is 10.8 Å². The molecule has 0 unspecified atom stereocenters. The predicted molar refractivity (Wildman–Crippen MR) is 75.7 cm³/mol. The molecule has 7 heteroatoms. The van der Waals surface area contributed by atoms with Crippen LogP contribution in [0.3, 0.4) is 0 Å². The highest BCUT2D eigenvalue weighted by atomic mass is 16.6. The number of hydrogen-bond acceptors (Lipinski definition) is 5. The molecule has 0 atom stereocenters. The number of piperidine rings is 1. The molecule has 1 aliphatic heterocycles. The van der Waals surface area contributed by atoms with E-state index in [0.717, 1.165) is 25.9 Å². The molecule has 0 spiro atoms. The van der Waals surface area contributed by atoms with Crippen molar-refractivity contribution in [3.8, 4) is 0 Å². The third-order valence-corrected chi connectivity index (χ3v) is 3.62. The number of nitrogens with zero attached hydrogens (tertiary/aromatic N) is 1. The topological polar surface area (TPSA) is 110 Å². The Morgan fingerprint density at radius 1 is 1.45 bits per heavy atom. The van der Waals surface area contributed by atoms with Crippen LogP contribution in [-0.4, -0.2) is 29.5 Å². The summed E-state index contributed by atoms with van der Waals surface area (Å²) in [6.07, 6.45) is 1.70. The number of hydrogen-bond donors (Lipinski definition) is 3. The van der Waals surface area contributed by atoms with Crippen LogP contribution in [0.2, 0.25) is 0 Å². The first-order valence-corrected chi connectivity index (χ1v) is 6.48. The lowest BCUT2D eigenvalue weighted by molar-refractivity contribution is -0.384. The first kappa shape index (κ1) is 14.3. The van der Waals surface area contributed by atoms with Crippen LogP contribution in [0.5, 0.6) is 0 Å². The molecule has 1 aromatic rings. The van der Waals surface area contributed by atoms with Crippen LogP contribution in [0, 0.1) is 10.1 Å². The largest absolute Gasteiger partial charge is 0.374 e. The Labute approximate surface area is 116 Å². The Morgan fingerprint density at radius 3 is 2.65 bits per heavy atom. The van der Waals surface area contributed by atoms with Crippen LogP contribution in [0.4, 0.5) is 11.4 Å². The Hall–Kier alpha value is -2.15. The summed E-state index contributed by atoms with van der Waals surface area (Å²) < 4.78 is 0. The number of anilines is 1. The lowest BCUT2D eigenvalue weighted by Crippen LogP contribution is -2.45. The highest BCUT2D eigenvalue weighted by Crippen LogP contribution is 2.31. The molecule has 1 saturated heterocycles. The molecule has 4 N–H and O–H groups in total. The smallest absolute Gasteiger partial charge is 0.292 e. The molecule has 1 amide bonds. The molecule has 1 heterocycles. The summed E-state index contributed by atoms with van der Waals surface area (Å²) >= 11 is 0. The van der Waals surface area contributed by atoms with E-state index in [-0.39, 0.29) is 16.8 Å². The van der Waals surface area contributed by atoms with Crippen LogP contribution in [0.1, 0.15) is 30.1 Å². The fourth-order valence-electron chi connectivity index (χ4n) is 2.38. The van der Waals surface area contributed by atoms with E-state index in [1.165, 1.54) is 18.2 Å². The van der Waals surface area contributed by atoms with Gasteiger partial charge in [-0.15, -0.1) is 0 Å². The second-order valence-electron chi connectivity index (χ2n) is 5.29. The average molecular weight is 278 g/mol. The molecule has 0 bridgehead atoms. The lowest BCUT2D eigenvalue weighted by Gasteiger charge is -2.35. The highest BCUT2D eigenvalue weighted by Gasteiger charge is 2.29. The van der Waals surface area contributed by atoms with Crippen LogP contribution < -0.4 is 16.4 Å². The van der Waals surface area contributed by atoms with E-state index in [4.69, 9.17) is 5.73 Å². The molecule has 0 aromatic heterocycles. The van der Waals surface area contributed by atoms with Crippen LogP contribution in [-0.2, 0) is 0 Å². The van der Waals surface area contributed by atoms with Gasteiger partial charge in [-0.1, -0.05) is 0 Å². The maximum absolute atomic E-state index is 11.2. The molecule has 1 aromatic carbocycles. The first-order chi connectivity index (χ1) is 9.41. The molecule has 108 valence electrons. The molecule has 2 rings (SSSR count). The molecule has 1 aliphatic rings. The standard InChI is InChI=1S/C13H18N4O3/c1-13(4-6-15-7-5-13)16-10-8-9(12(14)18)2-3-11(10)17(19)20/h2-3,8,15-16H,4-7H2,1H3,(H2,14,18). The van der Waals surface area contributed by atoms with Gasteiger partial charge in [0.15, 0.2) is 0 Å². The van der Waals surface area contributed by atoms with Gasteiger partial charge in [0.2, 0.25) is 5.91 Å². The van der Waals surface area contributed by atoms with Gasteiger partial charge in [-0.05, 0) is 45.0 Å². The average Bonchev–Trinajstić information content (AvgIpc) is 2.38. The zero-order valence-corrected chi connectivity index (χ0v) is 11.3. The van der Waals surface area contributed by atoms with Gasteiger partial charge in [-0.25, -0.2) is 0 Å². The van der Waals surface area contributed by atoms with Crippen molar-refractivity contribution >= 4 is 17.3 Å². The minimum Gasteiger partial charge on any atom is -0.374 e. The van der Waals surface area contributed by atoms with E-state index in [1.54, 1.807) is 0 Å². The summed E-state index contributed by atoms with van der Waals surface area (Å²) in [6, 6.07) is 4.14. The summed E-state index contributed by atoms with van der Waals surface area (Å²) in [5, 5.41) is 17.5. The number of carbonyl (C=O) groups excluding carboxylic acids is 1. The number of carbonyl (C=O) groups is 1. The molecular weight excluding hydrogens is 260 g/mol. The van der Waals surface area contributed by atoms with E-state index in [0.29, 0.717) is 5.69 Å². The maximum Gasteiger partial charge on any atom is 0.292 e. The Balaban J connectivity index is 2.34. The van der Waals surface area contributed by atoms with Crippen LogP contribution in [0.15, 0.2) is 18.2 Å². The quantitative estimate of drug-likeness (QED) is 0.567. The van der Waals surface area contributed by atoms with E-state index in [9.17, 15) is 14.9 Å². The van der Waals surface area contributed by atoms with Crippen molar-refractivity contribution in [1.82, 2.24) is 5.32 Å². The van der Waals surface area contributed by atoms with Gasteiger partial charge in [0.05, 0.1) is 4.92 Å². The van der Waals surface area contributed by atoms with Gasteiger partial charge in [-0.3, -0.25) is 14.9 Å². The fourth-order valence-corrected chi connectivity index (χ4v) is 2.38. The number of benzene rings is 1. The Morgan fingerprint density at radius 2 is 2.10 bits per heavy atom. The van der Waals surface area contributed by atoms with Crippen molar-refractivity contribution in [3.63, 3.8) is 0 Å². The number of nitrogens with two attached hydrogens (primary N) is 1. The first-order valence-electron chi connectivity index (χ1n) is 6.48. The third kappa shape index (κ3) is 3.05. The third-order valence-electron chi connectivity index (χ3n) is 3.62. The van der Waals surface area contributed by atoms with E-state index in [2.05, 4.69) is 10.6 Å². The molecule has 20 heavy (non-hydrogen) atoms. The highest BCUT2D eigenvalue weighted by molar-refractivity contribution is 5.94. The van der Waals surface area contributed by atoms with Crippen molar-refractivity contribution in [2.45, 2.75) is 25.3 Å². The zero-order valence-electron chi connectivity index (χ0n) is 11.3. The Bertz CT molecular complexity index is 538. The van der Waals surface area contributed by atoms with E-state index >= 15 is 0 Å². The van der Waals surface area contributed by atoms with Gasteiger partial charge in [-0.2, -0.15) is 0 Å². The van der Waals surface area contributed by atoms with Gasteiger partial charge in [0.1, 0.15) is 5.69 Å². The van der Waals surface area contributed by atoms with Gasteiger partial charge < -0.3 is 16.4 Å². The molecule has 1 fully saturated rings. The number of rotatable bonds is 4. The normalized spacial score (nSPS) is 17.4. The molecule has 0 saturated carbocycles. The maximum atomic E-state index is 11.2. The summed E-state index contributed by atoms with van der Waals surface area (Å²) in [7, 11) is 0. The number of primary amides is 1. The summed E-state index contributed by atoms with van der Waals surface area (Å²) in [5.74, 6) is -0.599. The monoisotopic (exact) mass is 278 g/mol. The van der Waals surface area contributed by atoms with Crippen LogP contribution >= 0.6 is 0 Å². The van der Waals surface area contributed by atoms with Crippen molar-refractivity contribution in [2.75, 3.05) is 18.4 Å². The van der Waals surface area contributed by atoms with Gasteiger partial charge >= 0.3 is 0 Å². The van der Waals surface area contributed by atoms with Crippen molar-refractivity contribution in [3.05, 3.63) is 33.9 Å². The fraction of sp³-hybridized carbons (Fsp3) is 0.462.